The topological polar surface area (TPSA) is 95.9 Å². The molecule has 0 aromatic heterocycles. The van der Waals surface area contributed by atoms with Crippen LogP contribution in [-0.2, 0) is 14.3 Å². The van der Waals surface area contributed by atoms with Gasteiger partial charge in [-0.1, -0.05) is 48.5 Å². The van der Waals surface area contributed by atoms with Crippen molar-refractivity contribution in [3.8, 4) is 11.1 Å². The van der Waals surface area contributed by atoms with Crippen LogP contribution in [0.15, 0.2) is 48.5 Å². The van der Waals surface area contributed by atoms with E-state index in [1.54, 1.807) is 11.8 Å². The van der Waals surface area contributed by atoms with Crippen LogP contribution in [0.25, 0.3) is 11.1 Å². The molecule has 1 aliphatic carbocycles. The Labute approximate surface area is 201 Å². The van der Waals surface area contributed by atoms with Gasteiger partial charge in [0.15, 0.2) is 0 Å². The average molecular weight is 487 g/mol. The number of nitrogens with one attached hydrogen (secondary N) is 1. The molecule has 7 nitrogen and oxygen atoms in total. The van der Waals surface area contributed by atoms with E-state index in [9.17, 15) is 19.5 Å². The van der Waals surface area contributed by atoms with Gasteiger partial charge in [-0.3, -0.25) is 4.79 Å². The Kier molecular flexibility index (Phi) is 7.49. The standard InChI is InChI=1S/C24H26N2O5S2/c1-32-11-10-20(22(27)26-14-33-13-21(26)23(28)29)25-24(30)31-12-19-17-8-4-2-6-15(17)16-7-3-5-9-18(16)19/h2-9,19-21H,10-14H2,1H3,(H,25,30)(H,28,29)/t20-,21+/m1/s1. The van der Waals surface area contributed by atoms with Gasteiger partial charge in [-0.25, -0.2) is 9.59 Å². The molecule has 2 aliphatic rings. The highest BCUT2D eigenvalue weighted by Crippen LogP contribution is 2.44. The Morgan fingerprint density at radius 3 is 2.39 bits per heavy atom. The highest BCUT2D eigenvalue weighted by Gasteiger charge is 2.38. The van der Waals surface area contributed by atoms with E-state index in [1.807, 2.05) is 42.7 Å². The van der Waals surface area contributed by atoms with Gasteiger partial charge in [0.05, 0.1) is 5.88 Å². The van der Waals surface area contributed by atoms with Gasteiger partial charge in [-0.05, 0) is 40.7 Å². The summed E-state index contributed by atoms with van der Waals surface area (Å²) in [6.45, 7) is 0.153. The molecule has 33 heavy (non-hydrogen) atoms. The fourth-order valence-electron chi connectivity index (χ4n) is 4.34. The van der Waals surface area contributed by atoms with E-state index >= 15 is 0 Å². The first-order chi connectivity index (χ1) is 16.0. The fraction of sp³-hybridized carbons (Fsp3) is 0.375. The van der Waals surface area contributed by atoms with E-state index in [4.69, 9.17) is 4.74 Å². The Morgan fingerprint density at radius 1 is 1.15 bits per heavy atom. The first-order valence-corrected chi connectivity index (χ1v) is 13.3. The summed E-state index contributed by atoms with van der Waals surface area (Å²) >= 11 is 2.95. The van der Waals surface area contributed by atoms with Gasteiger partial charge in [0.25, 0.3) is 0 Å². The zero-order valence-electron chi connectivity index (χ0n) is 18.2. The van der Waals surface area contributed by atoms with Crippen LogP contribution in [0, 0.1) is 0 Å². The molecule has 2 amide bonds. The van der Waals surface area contributed by atoms with Crippen molar-refractivity contribution in [1.82, 2.24) is 10.2 Å². The lowest BCUT2D eigenvalue weighted by molar-refractivity contribution is -0.148. The normalized spacial score (nSPS) is 17.8. The molecular weight excluding hydrogens is 460 g/mol. The summed E-state index contributed by atoms with van der Waals surface area (Å²) in [6, 6.07) is 14.5. The molecule has 1 aliphatic heterocycles. The maximum absolute atomic E-state index is 13.1. The minimum absolute atomic E-state index is 0.0742. The van der Waals surface area contributed by atoms with Crippen LogP contribution in [0.2, 0.25) is 0 Å². The molecular formula is C24H26N2O5S2. The third kappa shape index (κ3) is 4.99. The molecule has 0 spiro atoms. The van der Waals surface area contributed by atoms with Crippen molar-refractivity contribution in [2.24, 2.45) is 0 Å². The summed E-state index contributed by atoms with van der Waals surface area (Å²) in [6.07, 6.45) is 1.65. The van der Waals surface area contributed by atoms with Gasteiger partial charge in [-0.2, -0.15) is 11.8 Å². The van der Waals surface area contributed by atoms with Crippen molar-refractivity contribution >= 4 is 41.5 Å². The van der Waals surface area contributed by atoms with Crippen molar-refractivity contribution < 1.29 is 24.2 Å². The third-order valence-corrected chi connectivity index (χ3v) is 7.65. The molecule has 1 heterocycles. The lowest BCUT2D eigenvalue weighted by atomic mass is 9.98. The number of rotatable bonds is 8. The highest BCUT2D eigenvalue weighted by molar-refractivity contribution is 7.99. The molecule has 0 unspecified atom stereocenters. The number of aliphatic carboxylic acids is 1. The SMILES string of the molecule is CSCC[C@@H](NC(=O)OCC1c2ccccc2-c2ccccc21)C(=O)N1CSC[C@H]1C(=O)O. The third-order valence-electron chi connectivity index (χ3n) is 5.99. The van der Waals surface area contributed by atoms with Crippen LogP contribution < -0.4 is 5.32 Å². The Bertz CT molecular complexity index is 1000. The van der Waals surface area contributed by atoms with E-state index in [0.717, 1.165) is 22.3 Å². The van der Waals surface area contributed by atoms with E-state index in [1.165, 1.54) is 16.7 Å². The fourth-order valence-corrected chi connectivity index (χ4v) is 5.97. The molecule has 2 N–H and O–H groups in total. The quantitative estimate of drug-likeness (QED) is 0.588. The van der Waals surface area contributed by atoms with Gasteiger partial charge in [0, 0.05) is 11.7 Å². The number of benzene rings is 2. The van der Waals surface area contributed by atoms with Crippen molar-refractivity contribution in [3.05, 3.63) is 59.7 Å². The van der Waals surface area contributed by atoms with E-state index in [0.29, 0.717) is 23.8 Å². The number of carbonyl (C=O) groups is 3. The summed E-state index contributed by atoms with van der Waals surface area (Å²) in [5, 5.41) is 12.1. The van der Waals surface area contributed by atoms with Crippen LogP contribution in [-0.4, -0.2) is 70.3 Å². The zero-order chi connectivity index (χ0) is 23.4. The molecule has 0 bridgehead atoms. The van der Waals surface area contributed by atoms with Crippen molar-refractivity contribution in [3.63, 3.8) is 0 Å². The minimum atomic E-state index is -1.03. The Balaban J connectivity index is 1.43. The van der Waals surface area contributed by atoms with E-state index in [-0.39, 0.29) is 18.4 Å². The Hall–Kier alpha value is -2.65. The van der Waals surface area contributed by atoms with Crippen molar-refractivity contribution in [2.75, 3.05) is 30.2 Å². The van der Waals surface area contributed by atoms with Crippen LogP contribution in [0.4, 0.5) is 4.79 Å². The predicted molar refractivity (Wildman–Crippen MR) is 131 cm³/mol. The molecule has 1 fully saturated rings. The molecule has 4 rings (SSSR count). The summed E-state index contributed by atoms with van der Waals surface area (Å²) in [7, 11) is 0. The molecule has 2 aromatic carbocycles. The van der Waals surface area contributed by atoms with E-state index < -0.39 is 24.1 Å². The molecule has 2 atom stereocenters. The van der Waals surface area contributed by atoms with Crippen molar-refractivity contribution in [1.29, 1.82) is 0 Å². The maximum atomic E-state index is 13.1. The monoisotopic (exact) mass is 486 g/mol. The summed E-state index contributed by atoms with van der Waals surface area (Å²) in [5.74, 6) is -0.180. The molecule has 2 aromatic rings. The van der Waals surface area contributed by atoms with Gasteiger partial charge in [0.2, 0.25) is 5.91 Å². The van der Waals surface area contributed by atoms with Crippen LogP contribution in [0.1, 0.15) is 23.5 Å². The largest absolute Gasteiger partial charge is 0.480 e. The van der Waals surface area contributed by atoms with Gasteiger partial charge in [-0.15, -0.1) is 11.8 Å². The first kappa shape index (κ1) is 23.5. The van der Waals surface area contributed by atoms with E-state index in [2.05, 4.69) is 17.4 Å². The number of fused-ring (bicyclic) bond motifs is 3. The zero-order valence-corrected chi connectivity index (χ0v) is 19.9. The highest BCUT2D eigenvalue weighted by atomic mass is 32.2. The van der Waals surface area contributed by atoms with Crippen LogP contribution in [0.5, 0.6) is 0 Å². The maximum Gasteiger partial charge on any atom is 0.407 e. The molecule has 0 saturated carbocycles. The number of hydrogen-bond acceptors (Lipinski definition) is 6. The summed E-state index contributed by atoms with van der Waals surface area (Å²) < 4.78 is 5.59. The second kappa shape index (κ2) is 10.5. The van der Waals surface area contributed by atoms with Gasteiger partial charge < -0.3 is 20.1 Å². The van der Waals surface area contributed by atoms with Crippen molar-refractivity contribution in [2.45, 2.75) is 24.4 Å². The number of amides is 2. The van der Waals surface area contributed by atoms with Crippen LogP contribution in [0.3, 0.4) is 0 Å². The lowest BCUT2D eigenvalue weighted by Crippen LogP contribution is -2.52. The number of carboxylic acid groups (broad SMARTS) is 1. The average Bonchev–Trinajstić information content (AvgIpc) is 3.43. The number of thioether (sulfide) groups is 2. The molecule has 9 heteroatoms. The second-order valence-electron chi connectivity index (χ2n) is 7.97. The molecule has 1 saturated heterocycles. The molecule has 174 valence electrons. The smallest absolute Gasteiger partial charge is 0.407 e. The van der Waals surface area contributed by atoms with Crippen LogP contribution >= 0.6 is 23.5 Å². The number of carbonyl (C=O) groups excluding carboxylic acids is 2. The first-order valence-electron chi connectivity index (χ1n) is 10.7. The number of carboxylic acids is 1. The molecule has 0 radical (unpaired) electrons. The summed E-state index contributed by atoms with van der Waals surface area (Å²) in [4.78, 5) is 38.6. The summed E-state index contributed by atoms with van der Waals surface area (Å²) in [5.41, 5.74) is 4.50. The minimum Gasteiger partial charge on any atom is -0.480 e. The number of ether oxygens (including phenoxy) is 1. The number of alkyl carbamates (subject to hydrolysis) is 1. The predicted octanol–water partition coefficient (Wildman–Crippen LogP) is 3.63. The van der Waals surface area contributed by atoms with Gasteiger partial charge >= 0.3 is 12.1 Å². The lowest BCUT2D eigenvalue weighted by Gasteiger charge is -2.26. The second-order valence-corrected chi connectivity index (χ2v) is 9.95. The Morgan fingerprint density at radius 2 is 1.79 bits per heavy atom. The van der Waals surface area contributed by atoms with Gasteiger partial charge in [0.1, 0.15) is 18.7 Å². The number of hydrogen-bond donors (Lipinski definition) is 2. The number of nitrogens with zero attached hydrogens (tertiary/aromatic N) is 1.